The van der Waals surface area contributed by atoms with Crippen molar-refractivity contribution in [3.05, 3.63) is 194 Å². The second kappa shape index (κ2) is 13.2. The number of para-hydroxylation sites is 1. The van der Waals surface area contributed by atoms with E-state index in [9.17, 15) is 0 Å². The summed E-state index contributed by atoms with van der Waals surface area (Å²) in [7, 11) is 0. The highest BCUT2D eigenvalue weighted by Gasteiger charge is 2.24. The van der Waals surface area contributed by atoms with Gasteiger partial charge in [0, 0.05) is 63.9 Å². The zero-order valence-electron chi connectivity index (χ0n) is 33.6. The normalized spacial score (nSPS) is 12.1. The summed E-state index contributed by atoms with van der Waals surface area (Å²) < 4.78 is 11.9. The number of hydrogen-bond donors (Lipinski definition) is 0. The van der Waals surface area contributed by atoms with Gasteiger partial charge < -0.3 is 8.98 Å². The molecule has 14 rings (SSSR count). The van der Waals surface area contributed by atoms with E-state index in [0.29, 0.717) is 17.5 Å². The van der Waals surface area contributed by atoms with Crippen LogP contribution in [0.4, 0.5) is 0 Å². The van der Waals surface area contributed by atoms with E-state index in [0.717, 1.165) is 82.3 Å². The molecule has 6 heteroatoms. The summed E-state index contributed by atoms with van der Waals surface area (Å²) in [5.74, 6) is 1.75. The molecule has 5 nitrogen and oxygen atoms in total. The van der Waals surface area contributed by atoms with Crippen LogP contribution >= 0.6 is 11.3 Å². The summed E-state index contributed by atoms with van der Waals surface area (Å²) in [5, 5.41) is 13.6. The number of thiophene rings is 1. The van der Waals surface area contributed by atoms with Gasteiger partial charge in [-0.2, -0.15) is 0 Å². The first-order chi connectivity index (χ1) is 31.2. The number of rotatable bonds is 4. The summed E-state index contributed by atoms with van der Waals surface area (Å²) in [4.78, 5) is 16.2. The van der Waals surface area contributed by atoms with Gasteiger partial charge in [0.2, 0.25) is 0 Å². The molecule has 10 aromatic carbocycles. The fraction of sp³-hybridized carbons (Fsp3) is 0. The maximum atomic E-state index is 7.11. The highest BCUT2D eigenvalue weighted by molar-refractivity contribution is 7.25. The van der Waals surface area contributed by atoms with Crippen molar-refractivity contribution in [3.8, 4) is 39.9 Å². The number of benzene rings is 10. The van der Waals surface area contributed by atoms with Crippen LogP contribution in [0.1, 0.15) is 0 Å². The predicted molar refractivity (Wildman–Crippen MR) is 263 cm³/mol. The van der Waals surface area contributed by atoms with Crippen molar-refractivity contribution in [2.75, 3.05) is 0 Å². The predicted octanol–water partition coefficient (Wildman–Crippen LogP) is 15.7. The molecule has 292 valence electrons. The highest BCUT2D eigenvalue weighted by Crippen LogP contribution is 2.44. The topological polar surface area (TPSA) is 56.7 Å². The molecular weight excluding hydrogens is 789 g/mol. The summed E-state index contributed by atoms with van der Waals surface area (Å²) in [6.07, 6.45) is 0. The summed E-state index contributed by atoms with van der Waals surface area (Å²) in [6.45, 7) is 0. The average molecular weight is 821 g/mol. The Hall–Kier alpha value is -8.19. The van der Waals surface area contributed by atoms with Gasteiger partial charge in [-0.25, -0.2) is 15.0 Å². The number of aromatic nitrogens is 4. The average Bonchev–Trinajstić information content (AvgIpc) is 4.02. The van der Waals surface area contributed by atoms with Gasteiger partial charge in [-0.1, -0.05) is 140 Å². The van der Waals surface area contributed by atoms with Crippen LogP contribution in [0.2, 0.25) is 0 Å². The molecule has 0 fully saturated rings. The second-order valence-electron chi connectivity index (χ2n) is 16.3. The maximum absolute atomic E-state index is 7.11. The van der Waals surface area contributed by atoms with Gasteiger partial charge in [0.15, 0.2) is 17.5 Å². The quantitative estimate of drug-likeness (QED) is 0.177. The minimum absolute atomic E-state index is 0.543. The van der Waals surface area contributed by atoms with Crippen LogP contribution in [0, 0.1) is 0 Å². The van der Waals surface area contributed by atoms with Crippen molar-refractivity contribution in [2.45, 2.75) is 0 Å². The molecule has 0 saturated heterocycles. The van der Waals surface area contributed by atoms with Crippen molar-refractivity contribution < 1.29 is 4.42 Å². The number of furan rings is 1. The molecule has 0 spiro atoms. The molecule has 0 radical (unpaired) electrons. The first-order valence-corrected chi connectivity index (χ1v) is 22.0. The minimum atomic E-state index is 0.543. The van der Waals surface area contributed by atoms with Crippen LogP contribution < -0.4 is 0 Å². The Morgan fingerprint density at radius 2 is 1.02 bits per heavy atom. The molecule has 14 aromatic rings. The third kappa shape index (κ3) is 5.19. The molecule has 0 aliphatic heterocycles. The van der Waals surface area contributed by atoms with Crippen LogP contribution in [0.15, 0.2) is 199 Å². The molecule has 4 heterocycles. The molecule has 63 heavy (non-hydrogen) atoms. The lowest BCUT2D eigenvalue weighted by Gasteiger charge is -2.13. The van der Waals surface area contributed by atoms with E-state index in [1.165, 1.54) is 36.3 Å². The monoisotopic (exact) mass is 820 g/mol. The summed E-state index contributed by atoms with van der Waals surface area (Å²) in [6, 6.07) is 69.2. The van der Waals surface area contributed by atoms with E-state index < -0.39 is 0 Å². The van der Waals surface area contributed by atoms with Gasteiger partial charge in [-0.3, -0.25) is 0 Å². The molecule has 0 aliphatic carbocycles. The third-order valence-corrected chi connectivity index (χ3v) is 13.9. The van der Waals surface area contributed by atoms with E-state index in [-0.39, 0.29) is 0 Å². The Labute approximate surface area is 363 Å². The Kier molecular flexibility index (Phi) is 7.21. The lowest BCUT2D eigenvalue weighted by molar-refractivity contribution is 0.673. The Morgan fingerprint density at radius 3 is 1.87 bits per heavy atom. The Bertz CT molecular complexity index is 4230. The minimum Gasteiger partial charge on any atom is -0.455 e. The van der Waals surface area contributed by atoms with Crippen molar-refractivity contribution >= 4 is 108 Å². The molecule has 0 N–H and O–H groups in total. The van der Waals surface area contributed by atoms with Gasteiger partial charge in [-0.15, -0.1) is 11.3 Å². The van der Waals surface area contributed by atoms with Crippen LogP contribution in [0.3, 0.4) is 0 Å². The number of nitrogens with zero attached hydrogens (tertiary/aromatic N) is 4. The van der Waals surface area contributed by atoms with Crippen LogP contribution in [0.25, 0.3) is 136 Å². The van der Waals surface area contributed by atoms with Crippen molar-refractivity contribution in [3.63, 3.8) is 0 Å². The molecular formula is C57H32N4OS. The maximum Gasteiger partial charge on any atom is 0.167 e. The lowest BCUT2D eigenvalue weighted by Crippen LogP contribution is -2.02. The van der Waals surface area contributed by atoms with Crippen LogP contribution in [-0.2, 0) is 0 Å². The standard InChI is InChI=1S/C57H32N4OS/c1-2-14-35-28-38(25-24-33(35)12-1)55-58-56(44-20-11-23-51-52(44)43-19-8-10-22-50(43)63-51)60-57(59-55)47-32-39(31-46-42-27-26-34-13-5-6-17-40(34)53(42)62-54(46)47)61-48-21-9-7-18-41(48)45-29-36-15-3-4-16-37(36)30-49(45)61/h1-32H. The molecule has 0 atom stereocenters. The van der Waals surface area contributed by atoms with Gasteiger partial charge >= 0.3 is 0 Å². The molecule has 0 saturated carbocycles. The zero-order valence-corrected chi connectivity index (χ0v) is 34.4. The van der Waals surface area contributed by atoms with E-state index in [1.54, 1.807) is 11.3 Å². The summed E-state index contributed by atoms with van der Waals surface area (Å²) in [5.41, 5.74) is 7.49. The largest absolute Gasteiger partial charge is 0.455 e. The van der Waals surface area contributed by atoms with Gasteiger partial charge in [0.25, 0.3) is 0 Å². The third-order valence-electron chi connectivity index (χ3n) is 12.8. The molecule has 0 aliphatic rings. The molecule has 0 bridgehead atoms. The van der Waals surface area contributed by atoms with E-state index in [4.69, 9.17) is 19.4 Å². The Morgan fingerprint density at radius 1 is 0.365 bits per heavy atom. The van der Waals surface area contributed by atoms with E-state index in [2.05, 4.69) is 199 Å². The van der Waals surface area contributed by atoms with Gasteiger partial charge in [0.05, 0.1) is 16.6 Å². The molecule has 4 aromatic heterocycles. The molecule has 0 amide bonds. The van der Waals surface area contributed by atoms with Crippen LogP contribution in [-0.4, -0.2) is 19.5 Å². The SMILES string of the molecule is c1ccc2cc(-c3nc(-c4cc(-n5c6ccccc6c6cc7ccccc7cc65)cc5c4oc4c6ccccc6ccc54)nc(-c4cccc5sc6ccccc6c45)n3)ccc2c1. The highest BCUT2D eigenvalue weighted by atomic mass is 32.1. The molecule has 0 unspecified atom stereocenters. The van der Waals surface area contributed by atoms with Crippen LogP contribution in [0.5, 0.6) is 0 Å². The summed E-state index contributed by atoms with van der Waals surface area (Å²) >= 11 is 1.79. The van der Waals surface area contributed by atoms with Gasteiger partial charge in [-0.05, 0) is 81.5 Å². The van der Waals surface area contributed by atoms with Crippen molar-refractivity contribution in [1.29, 1.82) is 0 Å². The fourth-order valence-electron chi connectivity index (χ4n) is 9.85. The van der Waals surface area contributed by atoms with E-state index in [1.807, 2.05) is 0 Å². The van der Waals surface area contributed by atoms with Gasteiger partial charge in [0.1, 0.15) is 11.2 Å². The first-order valence-electron chi connectivity index (χ1n) is 21.2. The number of hydrogen-bond acceptors (Lipinski definition) is 5. The first kappa shape index (κ1) is 34.5. The number of fused-ring (bicyclic) bond motifs is 13. The zero-order chi connectivity index (χ0) is 41.2. The second-order valence-corrected chi connectivity index (χ2v) is 17.4. The Balaban J connectivity index is 1.12. The van der Waals surface area contributed by atoms with E-state index >= 15 is 0 Å². The lowest BCUT2D eigenvalue weighted by atomic mass is 10.0. The smallest absolute Gasteiger partial charge is 0.167 e. The fourth-order valence-corrected chi connectivity index (χ4v) is 11.0. The van der Waals surface area contributed by atoms with Crippen molar-refractivity contribution in [1.82, 2.24) is 19.5 Å². The van der Waals surface area contributed by atoms with Crippen molar-refractivity contribution in [2.24, 2.45) is 0 Å².